The molecule has 5 rings (SSSR count). The molecule has 1 unspecified atom stereocenters. The maximum atomic E-state index is 13.2. The van der Waals surface area contributed by atoms with Crippen LogP contribution in [0.2, 0.25) is 5.02 Å². The third kappa shape index (κ3) is 5.65. The zero-order valence-electron chi connectivity index (χ0n) is 21.8. The van der Waals surface area contributed by atoms with E-state index in [1.807, 2.05) is 38.1 Å². The molecule has 2 aromatic carbocycles. The number of fused-ring (bicyclic) bond motifs is 1. The molecule has 0 spiro atoms. The van der Waals surface area contributed by atoms with Gasteiger partial charge in [0.05, 0.1) is 46.4 Å². The first-order valence-corrected chi connectivity index (χ1v) is 12.8. The monoisotopic (exact) mass is 558 g/mol. The number of hydrogen-bond donors (Lipinski definition) is 3. The Bertz CT molecular complexity index is 1600. The number of carbonyl (C=O) groups excluding carboxylic acids is 2. The number of amides is 2. The van der Waals surface area contributed by atoms with Crippen LogP contribution in [0.4, 0.5) is 11.4 Å². The number of halogens is 1. The third-order valence-electron chi connectivity index (χ3n) is 6.43. The van der Waals surface area contributed by atoms with Crippen LogP contribution in [-0.4, -0.2) is 38.2 Å². The smallest absolute Gasteiger partial charge is 0.345 e. The Morgan fingerprint density at radius 3 is 2.75 bits per heavy atom. The summed E-state index contributed by atoms with van der Waals surface area (Å²) in [5.41, 5.74) is 10.6. The molecule has 0 bridgehead atoms. The largest absolute Gasteiger partial charge is 0.397 e. The van der Waals surface area contributed by atoms with Crippen LogP contribution < -0.4 is 26.9 Å². The Labute approximate surface area is 235 Å². The van der Waals surface area contributed by atoms with Crippen LogP contribution >= 0.6 is 11.6 Å². The fraction of sp³-hybridized carbons (Fsp3) is 0.179. The molecule has 40 heavy (non-hydrogen) atoms. The lowest BCUT2D eigenvalue weighted by Crippen LogP contribution is -2.38. The summed E-state index contributed by atoms with van der Waals surface area (Å²) >= 11 is 6.38. The second-order valence-corrected chi connectivity index (χ2v) is 9.82. The lowest BCUT2D eigenvalue weighted by atomic mass is 10.1. The SMILES string of the molecule is Cc1cccc(C(C)NC(=O)CN2Cc3ncc(-c4nc(ON(N)c5ccccc5N)ncc4Cl)cc3C2=O)c1. The van der Waals surface area contributed by atoms with E-state index in [4.69, 9.17) is 28.0 Å². The van der Waals surface area contributed by atoms with Gasteiger partial charge < -0.3 is 20.8 Å². The summed E-state index contributed by atoms with van der Waals surface area (Å²) in [6.45, 7) is 4.02. The predicted molar refractivity (Wildman–Crippen MR) is 151 cm³/mol. The number of nitrogens with two attached hydrogens (primary N) is 2. The number of anilines is 2. The van der Waals surface area contributed by atoms with Gasteiger partial charge in [0.2, 0.25) is 5.91 Å². The van der Waals surface area contributed by atoms with Crippen molar-refractivity contribution >= 4 is 34.8 Å². The van der Waals surface area contributed by atoms with Gasteiger partial charge in [0.15, 0.2) is 0 Å². The molecule has 1 aliphatic heterocycles. The molecule has 3 heterocycles. The zero-order valence-corrected chi connectivity index (χ0v) is 22.6. The number of nitrogens with zero attached hydrogens (tertiary/aromatic N) is 5. The van der Waals surface area contributed by atoms with Gasteiger partial charge in [-0.2, -0.15) is 4.98 Å². The van der Waals surface area contributed by atoms with Crippen LogP contribution in [0.3, 0.4) is 0 Å². The van der Waals surface area contributed by atoms with Crippen molar-refractivity contribution < 1.29 is 14.4 Å². The second kappa shape index (κ2) is 11.2. The van der Waals surface area contributed by atoms with E-state index in [1.165, 1.54) is 11.1 Å². The van der Waals surface area contributed by atoms with Gasteiger partial charge in [-0.05, 0) is 37.6 Å². The predicted octanol–water partition coefficient (Wildman–Crippen LogP) is 3.59. The number of nitrogen functional groups attached to an aromatic ring is 1. The molecule has 1 atom stereocenters. The highest BCUT2D eigenvalue weighted by molar-refractivity contribution is 6.32. The molecule has 0 radical (unpaired) electrons. The summed E-state index contributed by atoms with van der Waals surface area (Å²) in [6, 6.07) is 16.2. The van der Waals surface area contributed by atoms with Crippen LogP contribution in [-0.2, 0) is 11.3 Å². The highest BCUT2D eigenvalue weighted by atomic mass is 35.5. The molecule has 1 aliphatic rings. The fourth-order valence-electron chi connectivity index (χ4n) is 4.39. The number of hydrogen-bond acceptors (Lipinski definition) is 9. The zero-order chi connectivity index (χ0) is 28.4. The van der Waals surface area contributed by atoms with E-state index < -0.39 is 0 Å². The third-order valence-corrected chi connectivity index (χ3v) is 6.71. The van der Waals surface area contributed by atoms with E-state index in [-0.39, 0.29) is 42.0 Å². The van der Waals surface area contributed by atoms with Crippen molar-refractivity contribution in [1.29, 1.82) is 0 Å². The summed E-state index contributed by atoms with van der Waals surface area (Å²) in [5.74, 6) is 5.42. The molecule has 0 saturated heterocycles. The molecule has 12 heteroatoms. The number of aryl methyl sites for hydroxylation is 1. The van der Waals surface area contributed by atoms with Crippen LogP contribution in [0.25, 0.3) is 11.3 Å². The molecule has 5 N–H and O–H groups in total. The molecule has 0 fully saturated rings. The lowest BCUT2D eigenvalue weighted by molar-refractivity contribution is -0.122. The van der Waals surface area contributed by atoms with Gasteiger partial charge in [-0.3, -0.25) is 14.6 Å². The van der Waals surface area contributed by atoms with Crippen LogP contribution in [0.5, 0.6) is 6.01 Å². The van der Waals surface area contributed by atoms with E-state index in [0.29, 0.717) is 33.9 Å². The number of benzene rings is 2. The van der Waals surface area contributed by atoms with E-state index >= 15 is 0 Å². The Balaban J connectivity index is 1.29. The molecule has 204 valence electrons. The van der Waals surface area contributed by atoms with E-state index in [9.17, 15) is 9.59 Å². The first kappa shape index (κ1) is 26.9. The molecule has 0 aliphatic carbocycles. The first-order chi connectivity index (χ1) is 19.2. The van der Waals surface area contributed by atoms with Gasteiger partial charge in [0, 0.05) is 11.8 Å². The number of rotatable bonds is 8. The summed E-state index contributed by atoms with van der Waals surface area (Å²) in [4.78, 5) is 45.8. The van der Waals surface area contributed by atoms with Gasteiger partial charge in [0.25, 0.3) is 5.91 Å². The van der Waals surface area contributed by atoms with Gasteiger partial charge >= 0.3 is 6.01 Å². The topological polar surface area (TPSA) is 153 Å². The maximum Gasteiger partial charge on any atom is 0.345 e. The van der Waals surface area contributed by atoms with Gasteiger partial charge in [-0.25, -0.2) is 10.8 Å². The van der Waals surface area contributed by atoms with Crippen molar-refractivity contribution in [2.45, 2.75) is 26.4 Å². The molecule has 2 amide bonds. The average molecular weight is 559 g/mol. The number of pyridine rings is 1. The Morgan fingerprint density at radius 1 is 1.18 bits per heavy atom. The Hall–Kier alpha value is -4.74. The van der Waals surface area contributed by atoms with Crippen LogP contribution in [0.15, 0.2) is 67.0 Å². The molecule has 0 saturated carbocycles. The minimum Gasteiger partial charge on any atom is -0.397 e. The van der Waals surface area contributed by atoms with Crippen LogP contribution in [0, 0.1) is 6.92 Å². The number of para-hydroxylation sites is 2. The molecule has 11 nitrogen and oxygen atoms in total. The van der Waals surface area contributed by atoms with E-state index in [2.05, 4.69) is 20.3 Å². The average Bonchev–Trinajstić information content (AvgIpc) is 3.23. The molecular weight excluding hydrogens is 532 g/mol. The summed E-state index contributed by atoms with van der Waals surface area (Å²) in [6.07, 6.45) is 2.92. The van der Waals surface area contributed by atoms with E-state index in [1.54, 1.807) is 36.5 Å². The highest BCUT2D eigenvalue weighted by Gasteiger charge is 2.31. The van der Waals surface area contributed by atoms with Crippen molar-refractivity contribution in [3.8, 4) is 17.3 Å². The summed E-state index contributed by atoms with van der Waals surface area (Å²) in [5, 5.41) is 4.14. The summed E-state index contributed by atoms with van der Waals surface area (Å²) < 4.78 is 0. The lowest BCUT2D eigenvalue weighted by Gasteiger charge is -2.19. The number of nitrogens with one attached hydrogen (secondary N) is 1. The van der Waals surface area contributed by atoms with Crippen molar-refractivity contribution in [3.63, 3.8) is 0 Å². The molecule has 2 aromatic heterocycles. The van der Waals surface area contributed by atoms with Gasteiger partial charge in [-0.15, -0.1) is 5.17 Å². The van der Waals surface area contributed by atoms with Crippen molar-refractivity contribution in [2.24, 2.45) is 5.84 Å². The number of carbonyl (C=O) groups is 2. The van der Waals surface area contributed by atoms with Crippen molar-refractivity contribution in [3.05, 3.63) is 94.4 Å². The minimum absolute atomic E-state index is 0.0852. The Kier molecular flexibility index (Phi) is 7.50. The minimum atomic E-state index is -0.308. The van der Waals surface area contributed by atoms with Crippen molar-refractivity contribution in [1.82, 2.24) is 25.2 Å². The summed E-state index contributed by atoms with van der Waals surface area (Å²) in [7, 11) is 0. The normalized spacial score (nSPS) is 13.1. The van der Waals surface area contributed by atoms with Crippen molar-refractivity contribution in [2.75, 3.05) is 17.5 Å². The first-order valence-electron chi connectivity index (χ1n) is 12.4. The standard InChI is InChI=1S/C28H27ClN8O3/c1-16-6-5-7-18(10-16)17(2)34-25(38)15-36-14-23-20(27(36)39)11-19(12-32-23)26-21(29)13-33-28(35-26)40-37(31)24-9-4-3-8-22(24)30/h3-13,17H,14-15,30-31H2,1-2H3,(H,34,38). The molecule has 4 aromatic rings. The van der Waals surface area contributed by atoms with Gasteiger partial charge in [0.1, 0.15) is 12.2 Å². The fourth-order valence-corrected chi connectivity index (χ4v) is 4.59. The number of hydrazine groups is 1. The highest BCUT2D eigenvalue weighted by Crippen LogP contribution is 2.31. The Morgan fingerprint density at radius 2 is 1.98 bits per heavy atom. The maximum absolute atomic E-state index is 13.2. The second-order valence-electron chi connectivity index (χ2n) is 9.41. The molecular formula is C28H27ClN8O3. The van der Waals surface area contributed by atoms with Crippen LogP contribution in [0.1, 0.15) is 40.1 Å². The van der Waals surface area contributed by atoms with E-state index in [0.717, 1.165) is 16.3 Å². The number of aromatic nitrogens is 3. The van der Waals surface area contributed by atoms with Gasteiger partial charge in [-0.1, -0.05) is 53.6 Å². The quantitative estimate of drug-likeness (QED) is 0.167.